The standard InChI is InChI=1S/C21H27NO7/c1-26-17(23)12-16-18(20(24)27-2)19(15-10-6-7-11-15)22(29-16)21(25)28-13-14-8-4-3-5-9-14/h3-5,8-9,15-16,18-19H,6-7,10-13H2,1-2H3/t16-,18-,19+/m0/s1. The van der Waals surface area contributed by atoms with Gasteiger partial charge >= 0.3 is 18.0 Å². The molecule has 0 radical (unpaired) electrons. The molecule has 2 fully saturated rings. The summed E-state index contributed by atoms with van der Waals surface area (Å²) in [5.74, 6) is -1.72. The Bertz CT molecular complexity index is 717. The van der Waals surface area contributed by atoms with E-state index in [4.69, 9.17) is 19.0 Å². The van der Waals surface area contributed by atoms with Crippen molar-refractivity contribution < 1.29 is 33.4 Å². The quantitative estimate of drug-likeness (QED) is 0.531. The van der Waals surface area contributed by atoms with Crippen LogP contribution < -0.4 is 0 Å². The predicted octanol–water partition coefficient (Wildman–Crippen LogP) is 2.85. The van der Waals surface area contributed by atoms with Crippen LogP contribution in [-0.4, -0.2) is 49.5 Å². The van der Waals surface area contributed by atoms with Gasteiger partial charge in [-0.15, -0.1) is 0 Å². The molecule has 3 rings (SSSR count). The van der Waals surface area contributed by atoms with Crippen molar-refractivity contribution in [1.82, 2.24) is 5.06 Å². The van der Waals surface area contributed by atoms with E-state index in [1.165, 1.54) is 14.2 Å². The summed E-state index contributed by atoms with van der Waals surface area (Å²) in [6.45, 7) is 0.0848. The molecule has 1 aliphatic heterocycles. The number of carbonyl (C=O) groups is 3. The molecule has 1 saturated carbocycles. The van der Waals surface area contributed by atoms with E-state index in [0.29, 0.717) is 0 Å². The largest absolute Gasteiger partial charge is 0.469 e. The summed E-state index contributed by atoms with van der Waals surface area (Å²) in [4.78, 5) is 43.1. The van der Waals surface area contributed by atoms with E-state index in [2.05, 4.69) is 0 Å². The zero-order valence-electron chi connectivity index (χ0n) is 16.7. The highest BCUT2D eigenvalue weighted by atomic mass is 16.7. The fourth-order valence-electron chi connectivity index (χ4n) is 4.22. The van der Waals surface area contributed by atoms with Crippen LogP contribution in [0.25, 0.3) is 0 Å². The molecule has 0 spiro atoms. The molecule has 1 aliphatic carbocycles. The molecule has 0 N–H and O–H groups in total. The molecule has 29 heavy (non-hydrogen) atoms. The van der Waals surface area contributed by atoms with E-state index in [9.17, 15) is 14.4 Å². The highest BCUT2D eigenvalue weighted by molar-refractivity contribution is 5.78. The van der Waals surface area contributed by atoms with Gasteiger partial charge in [-0.2, -0.15) is 5.06 Å². The third kappa shape index (κ3) is 4.87. The third-order valence-corrected chi connectivity index (χ3v) is 5.62. The number of hydrogen-bond acceptors (Lipinski definition) is 7. The second kappa shape index (κ2) is 9.73. The Morgan fingerprint density at radius 2 is 1.76 bits per heavy atom. The van der Waals surface area contributed by atoms with Crippen LogP contribution in [0.4, 0.5) is 4.79 Å². The van der Waals surface area contributed by atoms with Crippen molar-refractivity contribution in [2.24, 2.45) is 11.8 Å². The molecule has 158 valence electrons. The van der Waals surface area contributed by atoms with Gasteiger partial charge in [-0.25, -0.2) is 4.79 Å². The minimum absolute atomic E-state index is 0.0750. The van der Waals surface area contributed by atoms with Gasteiger partial charge in [0.05, 0.1) is 26.7 Å². The number of ether oxygens (including phenoxy) is 3. The van der Waals surface area contributed by atoms with Gasteiger partial charge < -0.3 is 14.2 Å². The lowest BCUT2D eigenvalue weighted by molar-refractivity contribution is -0.163. The highest BCUT2D eigenvalue weighted by Gasteiger charge is 2.54. The summed E-state index contributed by atoms with van der Waals surface area (Å²) in [7, 11) is 2.56. The smallest absolute Gasteiger partial charge is 0.434 e. The monoisotopic (exact) mass is 405 g/mol. The lowest BCUT2D eigenvalue weighted by atomic mass is 9.83. The molecule has 1 aromatic carbocycles. The van der Waals surface area contributed by atoms with E-state index >= 15 is 0 Å². The van der Waals surface area contributed by atoms with Crippen molar-refractivity contribution in [1.29, 1.82) is 0 Å². The second-order valence-electron chi connectivity index (χ2n) is 7.37. The summed E-state index contributed by atoms with van der Waals surface area (Å²) in [6, 6.07) is 8.76. The van der Waals surface area contributed by atoms with Crippen LogP contribution in [0.5, 0.6) is 0 Å². The van der Waals surface area contributed by atoms with Gasteiger partial charge in [0, 0.05) is 0 Å². The van der Waals surface area contributed by atoms with Crippen LogP contribution in [0.3, 0.4) is 0 Å². The molecule has 2 aliphatic rings. The topological polar surface area (TPSA) is 91.4 Å². The number of carbonyl (C=O) groups excluding carboxylic acids is 3. The molecular formula is C21H27NO7. The summed E-state index contributed by atoms with van der Waals surface area (Å²) in [5, 5.41) is 1.15. The van der Waals surface area contributed by atoms with Crippen molar-refractivity contribution in [3.8, 4) is 0 Å². The molecule has 1 aromatic rings. The fourth-order valence-corrected chi connectivity index (χ4v) is 4.22. The van der Waals surface area contributed by atoms with Crippen molar-refractivity contribution in [2.75, 3.05) is 14.2 Å². The van der Waals surface area contributed by atoms with Crippen molar-refractivity contribution in [3.05, 3.63) is 35.9 Å². The summed E-state index contributed by atoms with van der Waals surface area (Å²) < 4.78 is 15.1. The Hall–Kier alpha value is -2.61. The van der Waals surface area contributed by atoms with Gasteiger partial charge in [0.1, 0.15) is 18.6 Å². The van der Waals surface area contributed by atoms with E-state index in [1.807, 2.05) is 30.3 Å². The minimum atomic E-state index is -0.843. The molecule has 0 aromatic heterocycles. The lowest BCUT2D eigenvalue weighted by Gasteiger charge is -2.28. The molecule has 0 unspecified atom stereocenters. The molecule has 1 heterocycles. The van der Waals surface area contributed by atoms with Gasteiger partial charge in [-0.05, 0) is 24.3 Å². The van der Waals surface area contributed by atoms with E-state index in [-0.39, 0.29) is 18.9 Å². The Labute approximate surface area is 170 Å². The van der Waals surface area contributed by atoms with Gasteiger partial charge in [0.15, 0.2) is 0 Å². The number of benzene rings is 1. The number of hydroxylamine groups is 2. The van der Waals surface area contributed by atoms with Crippen molar-refractivity contribution in [2.45, 2.75) is 50.9 Å². The maximum absolute atomic E-state index is 12.9. The first-order valence-corrected chi connectivity index (χ1v) is 9.86. The number of esters is 2. The normalized spacial score (nSPS) is 24.3. The SMILES string of the molecule is COC(=O)C[C@@H]1ON(C(=O)OCc2ccccc2)[C@H](C2CCCC2)[C@H]1C(=O)OC. The average Bonchev–Trinajstić information content (AvgIpc) is 3.40. The first-order valence-electron chi connectivity index (χ1n) is 9.86. The summed E-state index contributed by atoms with van der Waals surface area (Å²) >= 11 is 0. The van der Waals surface area contributed by atoms with E-state index < -0.39 is 36.1 Å². The van der Waals surface area contributed by atoms with E-state index in [0.717, 1.165) is 36.3 Å². The summed E-state index contributed by atoms with van der Waals surface area (Å²) in [5.41, 5.74) is 0.841. The maximum atomic E-state index is 12.9. The van der Waals surface area contributed by atoms with Crippen molar-refractivity contribution in [3.63, 3.8) is 0 Å². The Morgan fingerprint density at radius 1 is 1.07 bits per heavy atom. The molecule has 0 bridgehead atoms. The van der Waals surface area contributed by atoms with Crippen LogP contribution in [0.1, 0.15) is 37.7 Å². The third-order valence-electron chi connectivity index (χ3n) is 5.62. The zero-order valence-corrected chi connectivity index (χ0v) is 16.7. The summed E-state index contributed by atoms with van der Waals surface area (Å²) in [6.07, 6.45) is 2.11. The van der Waals surface area contributed by atoms with Gasteiger partial charge in [0.2, 0.25) is 0 Å². The minimum Gasteiger partial charge on any atom is -0.469 e. The highest BCUT2D eigenvalue weighted by Crippen LogP contribution is 2.41. The van der Waals surface area contributed by atoms with Gasteiger partial charge in [0.25, 0.3) is 0 Å². The van der Waals surface area contributed by atoms with E-state index in [1.54, 1.807) is 0 Å². The van der Waals surface area contributed by atoms with Gasteiger partial charge in [-0.1, -0.05) is 43.2 Å². The lowest BCUT2D eigenvalue weighted by Crippen LogP contribution is -2.44. The van der Waals surface area contributed by atoms with Gasteiger partial charge in [-0.3, -0.25) is 14.4 Å². The fraction of sp³-hybridized carbons (Fsp3) is 0.571. The number of rotatable bonds is 6. The average molecular weight is 405 g/mol. The van der Waals surface area contributed by atoms with Crippen LogP contribution >= 0.6 is 0 Å². The first-order chi connectivity index (χ1) is 14.0. The number of amides is 1. The Balaban J connectivity index is 1.81. The molecule has 1 saturated heterocycles. The predicted molar refractivity (Wildman–Crippen MR) is 101 cm³/mol. The number of hydrogen-bond donors (Lipinski definition) is 0. The first kappa shape index (κ1) is 21.1. The number of nitrogens with zero attached hydrogens (tertiary/aromatic N) is 1. The molecule has 3 atom stereocenters. The zero-order chi connectivity index (χ0) is 20.8. The van der Waals surface area contributed by atoms with Crippen molar-refractivity contribution >= 4 is 18.0 Å². The Morgan fingerprint density at radius 3 is 2.38 bits per heavy atom. The van der Waals surface area contributed by atoms with Crippen LogP contribution in [-0.2, 0) is 35.2 Å². The van der Waals surface area contributed by atoms with Crippen LogP contribution in [0.2, 0.25) is 0 Å². The number of methoxy groups -OCH3 is 2. The molecule has 1 amide bonds. The molecule has 8 heteroatoms. The maximum Gasteiger partial charge on any atom is 0.434 e. The van der Waals surface area contributed by atoms with Crippen LogP contribution in [0.15, 0.2) is 30.3 Å². The Kier molecular flexibility index (Phi) is 7.09. The second-order valence-corrected chi connectivity index (χ2v) is 7.37. The molecular weight excluding hydrogens is 378 g/mol. The molecule has 8 nitrogen and oxygen atoms in total. The van der Waals surface area contributed by atoms with Crippen LogP contribution in [0, 0.1) is 11.8 Å².